The molecule has 1 saturated carbocycles. The standard InChI is InChI=1S/C14H24N2S/c1-12-16-14(11-17-12)10-15-9-13-7-5-3-2-4-6-8-13/h11,13,15H,2-10H2,1H3. The van der Waals surface area contributed by atoms with Crippen LogP contribution in [0.15, 0.2) is 5.38 Å². The Labute approximate surface area is 109 Å². The molecule has 17 heavy (non-hydrogen) atoms. The van der Waals surface area contributed by atoms with Gasteiger partial charge in [0.15, 0.2) is 0 Å². The van der Waals surface area contributed by atoms with Crippen molar-refractivity contribution in [2.24, 2.45) is 5.92 Å². The Morgan fingerprint density at radius 3 is 2.59 bits per heavy atom. The van der Waals surface area contributed by atoms with E-state index in [0.717, 1.165) is 12.5 Å². The Morgan fingerprint density at radius 2 is 1.94 bits per heavy atom. The van der Waals surface area contributed by atoms with E-state index in [1.165, 1.54) is 62.2 Å². The van der Waals surface area contributed by atoms with Crippen molar-refractivity contribution in [3.8, 4) is 0 Å². The predicted molar refractivity (Wildman–Crippen MR) is 74.4 cm³/mol. The first-order valence-electron chi connectivity index (χ1n) is 6.96. The Bertz CT molecular complexity index is 314. The minimum atomic E-state index is 0.898. The second-order valence-corrected chi connectivity index (χ2v) is 6.26. The summed E-state index contributed by atoms with van der Waals surface area (Å²) in [4.78, 5) is 4.48. The highest BCUT2D eigenvalue weighted by Crippen LogP contribution is 2.21. The van der Waals surface area contributed by atoms with Gasteiger partial charge in [0, 0.05) is 11.9 Å². The Kier molecular flexibility index (Phi) is 5.46. The summed E-state index contributed by atoms with van der Waals surface area (Å²) in [5.74, 6) is 0.898. The summed E-state index contributed by atoms with van der Waals surface area (Å²) in [7, 11) is 0. The molecule has 1 fully saturated rings. The lowest BCUT2D eigenvalue weighted by atomic mass is 9.91. The van der Waals surface area contributed by atoms with Gasteiger partial charge < -0.3 is 5.32 Å². The molecule has 0 amide bonds. The van der Waals surface area contributed by atoms with Crippen molar-refractivity contribution < 1.29 is 0 Å². The maximum Gasteiger partial charge on any atom is 0.0897 e. The van der Waals surface area contributed by atoms with Gasteiger partial charge in [-0.25, -0.2) is 4.98 Å². The van der Waals surface area contributed by atoms with Gasteiger partial charge in [-0.1, -0.05) is 32.1 Å². The average Bonchev–Trinajstić information content (AvgIpc) is 2.67. The van der Waals surface area contributed by atoms with Gasteiger partial charge in [-0.05, 0) is 32.2 Å². The fourth-order valence-corrected chi connectivity index (χ4v) is 3.25. The van der Waals surface area contributed by atoms with E-state index in [4.69, 9.17) is 0 Å². The second kappa shape index (κ2) is 7.12. The average molecular weight is 252 g/mol. The van der Waals surface area contributed by atoms with Crippen molar-refractivity contribution in [3.63, 3.8) is 0 Å². The first kappa shape index (κ1) is 13.0. The second-order valence-electron chi connectivity index (χ2n) is 5.20. The van der Waals surface area contributed by atoms with Crippen LogP contribution in [0.4, 0.5) is 0 Å². The number of aromatic nitrogens is 1. The van der Waals surface area contributed by atoms with Crippen molar-refractivity contribution in [2.45, 2.75) is 58.4 Å². The topological polar surface area (TPSA) is 24.9 Å². The fourth-order valence-electron chi connectivity index (χ4n) is 2.64. The van der Waals surface area contributed by atoms with Gasteiger partial charge in [-0.15, -0.1) is 11.3 Å². The Morgan fingerprint density at radius 1 is 1.24 bits per heavy atom. The van der Waals surface area contributed by atoms with Crippen LogP contribution in [0, 0.1) is 12.8 Å². The van der Waals surface area contributed by atoms with Crippen molar-refractivity contribution in [1.29, 1.82) is 0 Å². The highest BCUT2D eigenvalue weighted by Gasteiger charge is 2.10. The maximum atomic E-state index is 4.48. The molecule has 1 aromatic heterocycles. The fraction of sp³-hybridized carbons (Fsp3) is 0.786. The molecule has 0 unspecified atom stereocenters. The number of thiazole rings is 1. The Hall–Kier alpha value is -0.410. The minimum Gasteiger partial charge on any atom is -0.311 e. The third-order valence-electron chi connectivity index (χ3n) is 3.63. The van der Waals surface area contributed by atoms with E-state index >= 15 is 0 Å². The number of hydrogen-bond donors (Lipinski definition) is 1. The van der Waals surface area contributed by atoms with E-state index in [0.29, 0.717) is 0 Å². The molecule has 0 bridgehead atoms. The first-order valence-corrected chi connectivity index (χ1v) is 7.84. The van der Waals surface area contributed by atoms with Crippen LogP contribution >= 0.6 is 11.3 Å². The van der Waals surface area contributed by atoms with Crippen LogP contribution in [0.2, 0.25) is 0 Å². The molecule has 0 atom stereocenters. The predicted octanol–water partition coefficient (Wildman–Crippen LogP) is 3.90. The molecule has 0 aliphatic heterocycles. The summed E-state index contributed by atoms with van der Waals surface area (Å²) in [6, 6.07) is 0. The summed E-state index contributed by atoms with van der Waals surface area (Å²) in [5, 5.41) is 6.92. The summed E-state index contributed by atoms with van der Waals surface area (Å²) < 4.78 is 0. The van der Waals surface area contributed by atoms with Gasteiger partial charge >= 0.3 is 0 Å². The molecule has 1 aliphatic carbocycles. The zero-order chi connectivity index (χ0) is 11.9. The lowest BCUT2D eigenvalue weighted by Crippen LogP contribution is -2.23. The van der Waals surface area contributed by atoms with E-state index in [2.05, 4.69) is 22.6 Å². The summed E-state index contributed by atoms with van der Waals surface area (Å²) in [5.41, 5.74) is 1.21. The number of nitrogens with one attached hydrogen (secondary N) is 1. The molecule has 1 N–H and O–H groups in total. The monoisotopic (exact) mass is 252 g/mol. The third-order valence-corrected chi connectivity index (χ3v) is 4.45. The minimum absolute atomic E-state index is 0.898. The number of hydrogen-bond acceptors (Lipinski definition) is 3. The largest absolute Gasteiger partial charge is 0.311 e. The van der Waals surface area contributed by atoms with Crippen LogP contribution in [-0.2, 0) is 6.54 Å². The van der Waals surface area contributed by atoms with E-state index in [1.54, 1.807) is 11.3 Å². The molecule has 0 radical (unpaired) electrons. The molecular weight excluding hydrogens is 228 g/mol. The lowest BCUT2D eigenvalue weighted by molar-refractivity contribution is 0.360. The molecule has 0 saturated heterocycles. The lowest BCUT2D eigenvalue weighted by Gasteiger charge is -2.19. The molecule has 2 rings (SSSR count). The van der Waals surface area contributed by atoms with Crippen LogP contribution in [0.1, 0.15) is 55.6 Å². The van der Waals surface area contributed by atoms with Crippen LogP contribution in [0.3, 0.4) is 0 Å². The van der Waals surface area contributed by atoms with Gasteiger partial charge in [0.25, 0.3) is 0 Å². The van der Waals surface area contributed by atoms with Crippen molar-refractivity contribution >= 4 is 11.3 Å². The van der Waals surface area contributed by atoms with Gasteiger partial charge in [-0.2, -0.15) is 0 Å². The van der Waals surface area contributed by atoms with Crippen molar-refractivity contribution in [1.82, 2.24) is 10.3 Å². The molecule has 2 nitrogen and oxygen atoms in total. The maximum absolute atomic E-state index is 4.48. The number of aryl methyl sites for hydroxylation is 1. The van der Waals surface area contributed by atoms with E-state index in [1.807, 2.05) is 0 Å². The van der Waals surface area contributed by atoms with Gasteiger partial charge in [-0.3, -0.25) is 0 Å². The molecular formula is C14H24N2S. The molecule has 1 aromatic rings. The van der Waals surface area contributed by atoms with E-state index < -0.39 is 0 Å². The van der Waals surface area contributed by atoms with Crippen molar-refractivity contribution in [3.05, 3.63) is 16.1 Å². The summed E-state index contributed by atoms with van der Waals surface area (Å²) >= 11 is 1.75. The first-order chi connectivity index (χ1) is 8.34. The molecule has 0 spiro atoms. The molecule has 1 heterocycles. The molecule has 0 aromatic carbocycles. The van der Waals surface area contributed by atoms with E-state index in [-0.39, 0.29) is 0 Å². The normalized spacial score (nSPS) is 18.9. The summed E-state index contributed by atoms with van der Waals surface area (Å²) in [6.45, 7) is 4.19. The van der Waals surface area contributed by atoms with Crippen LogP contribution in [0.5, 0.6) is 0 Å². The van der Waals surface area contributed by atoms with Crippen molar-refractivity contribution in [2.75, 3.05) is 6.54 Å². The quantitative estimate of drug-likeness (QED) is 0.879. The van der Waals surface area contributed by atoms with Crippen LogP contribution in [-0.4, -0.2) is 11.5 Å². The summed E-state index contributed by atoms with van der Waals surface area (Å²) in [6.07, 6.45) is 10.1. The van der Waals surface area contributed by atoms with Gasteiger partial charge in [0.2, 0.25) is 0 Å². The molecule has 3 heteroatoms. The highest BCUT2D eigenvalue weighted by molar-refractivity contribution is 7.09. The Balaban J connectivity index is 1.66. The number of rotatable bonds is 4. The zero-order valence-corrected chi connectivity index (χ0v) is 11.7. The van der Waals surface area contributed by atoms with Gasteiger partial charge in [0.05, 0.1) is 10.7 Å². The highest BCUT2D eigenvalue weighted by atomic mass is 32.1. The molecule has 1 aliphatic rings. The third kappa shape index (κ3) is 4.76. The smallest absolute Gasteiger partial charge is 0.0897 e. The number of nitrogens with zero attached hydrogens (tertiary/aromatic N) is 1. The van der Waals surface area contributed by atoms with Gasteiger partial charge in [0.1, 0.15) is 0 Å². The SMILES string of the molecule is Cc1nc(CNCC2CCCCCCC2)cs1. The molecule has 96 valence electrons. The van der Waals surface area contributed by atoms with E-state index in [9.17, 15) is 0 Å². The van der Waals surface area contributed by atoms with Crippen LogP contribution < -0.4 is 5.32 Å². The zero-order valence-electron chi connectivity index (χ0n) is 10.9. The van der Waals surface area contributed by atoms with Crippen LogP contribution in [0.25, 0.3) is 0 Å².